The summed E-state index contributed by atoms with van der Waals surface area (Å²) < 4.78 is 46.0. The Morgan fingerprint density at radius 3 is 2.35 bits per heavy atom. The number of esters is 1. The molecule has 1 amide bonds. The lowest BCUT2D eigenvalue weighted by molar-refractivity contribution is -0.203. The summed E-state index contributed by atoms with van der Waals surface area (Å²) in [4.78, 5) is 29.0. The number of thiazole rings is 1. The second-order valence-electron chi connectivity index (χ2n) is 5.41. The fraction of sp³-hybridized carbons (Fsp3) is 0.312. The number of carbonyl (C=O) groups excluding carboxylic acids is 2. The number of carbonyl (C=O) groups is 2. The number of alkyl halides is 3. The maximum absolute atomic E-state index is 13.9. The van der Waals surface area contributed by atoms with Crippen LogP contribution in [-0.2, 0) is 9.53 Å². The van der Waals surface area contributed by atoms with Gasteiger partial charge in [0.2, 0.25) is 0 Å². The molecule has 0 aliphatic rings. The van der Waals surface area contributed by atoms with E-state index >= 15 is 0 Å². The van der Waals surface area contributed by atoms with Crippen molar-refractivity contribution in [3.05, 3.63) is 46.5 Å². The molecule has 1 atom stereocenters. The number of aryl methyl sites for hydroxylation is 2. The Bertz CT molecular complexity index is 822. The molecule has 2 aromatic rings. The van der Waals surface area contributed by atoms with E-state index in [0.717, 1.165) is 18.4 Å². The van der Waals surface area contributed by atoms with Crippen molar-refractivity contribution >= 4 is 28.3 Å². The van der Waals surface area contributed by atoms with Gasteiger partial charge in [-0.05, 0) is 25.5 Å². The molecule has 6 nitrogen and oxygen atoms in total. The highest BCUT2D eigenvalue weighted by Gasteiger charge is 2.64. The summed E-state index contributed by atoms with van der Waals surface area (Å²) in [5.74, 6) is -2.79. The van der Waals surface area contributed by atoms with Crippen LogP contribution < -0.4 is 10.6 Å². The van der Waals surface area contributed by atoms with Crippen molar-refractivity contribution in [1.29, 1.82) is 0 Å². The number of anilines is 1. The number of hydrogen-bond acceptors (Lipinski definition) is 6. The molecule has 2 N–H and O–H groups in total. The van der Waals surface area contributed by atoms with E-state index in [0.29, 0.717) is 10.4 Å². The summed E-state index contributed by atoms with van der Waals surface area (Å²) in [5, 5.41) is 3.57. The topological polar surface area (TPSA) is 80.3 Å². The first-order chi connectivity index (χ1) is 12.1. The lowest BCUT2D eigenvalue weighted by Gasteiger charge is -2.34. The third kappa shape index (κ3) is 3.79. The Hall–Kier alpha value is -2.62. The minimum atomic E-state index is -5.20. The quantitative estimate of drug-likeness (QED) is 0.609. The Morgan fingerprint density at radius 1 is 1.19 bits per heavy atom. The Balaban J connectivity index is 2.49. The summed E-state index contributed by atoms with van der Waals surface area (Å²) in [6.07, 6.45) is -3.85. The Morgan fingerprint density at radius 2 is 1.85 bits per heavy atom. The summed E-state index contributed by atoms with van der Waals surface area (Å²) >= 11 is 0.903. The number of ether oxygens (including phenoxy) is 1. The van der Waals surface area contributed by atoms with Gasteiger partial charge in [-0.2, -0.15) is 13.2 Å². The van der Waals surface area contributed by atoms with E-state index in [9.17, 15) is 22.8 Å². The lowest BCUT2D eigenvalue weighted by Crippen LogP contribution is -2.69. The minimum absolute atomic E-state index is 0.00199. The molecule has 1 aromatic carbocycles. The van der Waals surface area contributed by atoms with Crippen LogP contribution in [0, 0.1) is 13.8 Å². The number of methoxy groups -OCH3 is 1. The first kappa shape index (κ1) is 19.7. The van der Waals surface area contributed by atoms with Gasteiger partial charge < -0.3 is 15.4 Å². The number of halogens is 3. The van der Waals surface area contributed by atoms with E-state index in [4.69, 9.17) is 0 Å². The van der Waals surface area contributed by atoms with Crippen molar-refractivity contribution < 1.29 is 27.5 Å². The van der Waals surface area contributed by atoms with E-state index < -0.39 is 23.7 Å². The van der Waals surface area contributed by atoms with Crippen LogP contribution in [0.15, 0.2) is 30.5 Å². The second kappa shape index (κ2) is 7.32. The van der Waals surface area contributed by atoms with Gasteiger partial charge in [-0.15, -0.1) is 11.3 Å². The van der Waals surface area contributed by atoms with Crippen LogP contribution in [-0.4, -0.2) is 35.8 Å². The Kier molecular flexibility index (Phi) is 5.55. The number of rotatable bonds is 5. The van der Waals surface area contributed by atoms with Gasteiger partial charge in [0, 0.05) is 16.6 Å². The average Bonchev–Trinajstić information content (AvgIpc) is 2.97. The molecule has 0 saturated carbocycles. The fourth-order valence-corrected chi connectivity index (χ4v) is 2.90. The predicted molar refractivity (Wildman–Crippen MR) is 89.9 cm³/mol. The first-order valence-corrected chi connectivity index (χ1v) is 8.16. The molecule has 0 aliphatic heterocycles. The summed E-state index contributed by atoms with van der Waals surface area (Å²) in [6, 6.07) is 6.07. The highest BCUT2D eigenvalue weighted by atomic mass is 32.1. The molecule has 0 radical (unpaired) electrons. The molecule has 1 heterocycles. The monoisotopic (exact) mass is 387 g/mol. The van der Waals surface area contributed by atoms with Crippen LogP contribution in [0.2, 0.25) is 0 Å². The fourth-order valence-electron chi connectivity index (χ4n) is 2.18. The molecule has 2 rings (SSSR count). The van der Waals surface area contributed by atoms with Crippen LogP contribution in [0.1, 0.15) is 20.8 Å². The summed E-state index contributed by atoms with van der Waals surface area (Å²) in [7, 11) is 0.803. The average molecular weight is 387 g/mol. The number of nitrogens with zero attached hydrogens (tertiary/aromatic N) is 1. The van der Waals surface area contributed by atoms with E-state index in [2.05, 4.69) is 9.72 Å². The van der Waals surface area contributed by atoms with Gasteiger partial charge in [-0.1, -0.05) is 18.2 Å². The molecule has 140 valence electrons. The molecule has 0 saturated heterocycles. The molecule has 0 spiro atoms. The summed E-state index contributed by atoms with van der Waals surface area (Å²) in [5.41, 5.74) is -3.02. The van der Waals surface area contributed by atoms with Gasteiger partial charge in [0.05, 0.1) is 7.11 Å². The van der Waals surface area contributed by atoms with Crippen molar-refractivity contribution in [2.75, 3.05) is 12.4 Å². The van der Waals surface area contributed by atoms with Crippen molar-refractivity contribution in [1.82, 2.24) is 10.3 Å². The largest absolute Gasteiger partial charge is 0.466 e. The maximum atomic E-state index is 13.9. The van der Waals surface area contributed by atoms with Crippen LogP contribution in [0.4, 0.5) is 18.3 Å². The second-order valence-corrected chi connectivity index (χ2v) is 6.64. The number of hydrogen-bond donors (Lipinski definition) is 2. The van der Waals surface area contributed by atoms with Crippen molar-refractivity contribution in [3.63, 3.8) is 0 Å². The van der Waals surface area contributed by atoms with Gasteiger partial charge in [0.15, 0.2) is 5.13 Å². The lowest BCUT2D eigenvalue weighted by atomic mass is 10.1. The van der Waals surface area contributed by atoms with E-state index in [-0.39, 0.29) is 10.7 Å². The standard InChI is InChI=1S/C16H16F3N3O3S/c1-9-6-4-5-7-11(9)12(23)21-15(13(24)25-3,16(17,18)19)22-14-20-8-10(2)26-14/h4-8H,1-3H3,(H,20,22)(H,21,23). The molecule has 10 heteroatoms. The maximum Gasteiger partial charge on any atom is 0.442 e. The zero-order valence-electron chi connectivity index (χ0n) is 14.1. The van der Waals surface area contributed by atoms with Crippen molar-refractivity contribution in [2.24, 2.45) is 0 Å². The Labute approximate surface area is 151 Å². The number of nitrogens with one attached hydrogen (secondary N) is 2. The van der Waals surface area contributed by atoms with E-state index in [1.54, 1.807) is 31.3 Å². The zero-order chi connectivity index (χ0) is 19.5. The summed E-state index contributed by atoms with van der Waals surface area (Å²) in [6.45, 7) is 3.21. The van der Waals surface area contributed by atoms with E-state index in [1.807, 2.05) is 5.32 Å². The van der Waals surface area contributed by atoms with Gasteiger partial charge >= 0.3 is 17.8 Å². The van der Waals surface area contributed by atoms with Gasteiger partial charge in [0.1, 0.15) is 0 Å². The highest BCUT2D eigenvalue weighted by Crippen LogP contribution is 2.34. The van der Waals surface area contributed by atoms with Gasteiger partial charge in [-0.25, -0.2) is 9.78 Å². The highest BCUT2D eigenvalue weighted by molar-refractivity contribution is 7.15. The normalized spacial score (nSPS) is 13.6. The third-order valence-corrected chi connectivity index (χ3v) is 4.35. The van der Waals surface area contributed by atoms with Crippen LogP contribution in [0.5, 0.6) is 0 Å². The molecule has 26 heavy (non-hydrogen) atoms. The zero-order valence-corrected chi connectivity index (χ0v) is 14.9. The number of aromatic nitrogens is 1. The third-order valence-electron chi connectivity index (χ3n) is 3.52. The van der Waals surface area contributed by atoms with Gasteiger partial charge in [-0.3, -0.25) is 4.79 Å². The number of benzene rings is 1. The molecular weight excluding hydrogens is 371 g/mol. The predicted octanol–water partition coefficient (Wildman–Crippen LogP) is 3.03. The molecule has 0 aliphatic carbocycles. The van der Waals surface area contributed by atoms with Crippen molar-refractivity contribution in [2.45, 2.75) is 25.7 Å². The molecule has 0 bridgehead atoms. The van der Waals surface area contributed by atoms with Crippen LogP contribution in [0.3, 0.4) is 0 Å². The smallest absolute Gasteiger partial charge is 0.442 e. The van der Waals surface area contributed by atoms with Crippen molar-refractivity contribution in [3.8, 4) is 0 Å². The minimum Gasteiger partial charge on any atom is -0.466 e. The van der Waals surface area contributed by atoms with Crippen LogP contribution in [0.25, 0.3) is 0 Å². The first-order valence-electron chi connectivity index (χ1n) is 7.34. The molecule has 0 fully saturated rings. The molecule has 1 aromatic heterocycles. The van der Waals surface area contributed by atoms with Crippen LogP contribution >= 0.6 is 11.3 Å². The van der Waals surface area contributed by atoms with Gasteiger partial charge in [0.25, 0.3) is 5.91 Å². The van der Waals surface area contributed by atoms with E-state index in [1.165, 1.54) is 18.3 Å². The SMILES string of the molecule is COC(=O)C(NC(=O)c1ccccc1C)(Nc1ncc(C)s1)C(F)(F)F. The molecule has 1 unspecified atom stereocenters. The number of amides is 1. The molecular formula is C16H16F3N3O3S.